The number of halogens is 1. The number of primary amides is 1. The molecule has 0 saturated carbocycles. The number of nitrogens with one attached hydrogen (secondary N) is 1. The summed E-state index contributed by atoms with van der Waals surface area (Å²) in [6.07, 6.45) is -0.663. The molecular formula is C4H9ClN2O2. The molecule has 0 aromatic carbocycles. The van der Waals surface area contributed by atoms with E-state index in [4.69, 9.17) is 5.73 Å². The number of amides is 1. The van der Waals surface area contributed by atoms with E-state index in [9.17, 15) is 4.79 Å². The van der Waals surface area contributed by atoms with Crippen molar-refractivity contribution in [2.75, 3.05) is 13.1 Å². The van der Waals surface area contributed by atoms with Gasteiger partial charge in [-0.1, -0.05) is 0 Å². The fraction of sp³-hybridized carbons (Fsp3) is 0.750. The van der Waals surface area contributed by atoms with Gasteiger partial charge in [-0.3, -0.25) is 0 Å². The van der Waals surface area contributed by atoms with Crippen LogP contribution < -0.4 is 11.1 Å². The zero-order valence-electron chi connectivity index (χ0n) is 4.79. The molecule has 1 amide bonds. The van der Waals surface area contributed by atoms with Gasteiger partial charge in [0.15, 0.2) is 0 Å². The van der Waals surface area contributed by atoms with Gasteiger partial charge in [-0.2, -0.15) is 0 Å². The summed E-state index contributed by atoms with van der Waals surface area (Å²) in [5.41, 5.74) is 4.71. The van der Waals surface area contributed by atoms with Crippen molar-refractivity contribution in [2.24, 2.45) is 5.73 Å². The van der Waals surface area contributed by atoms with E-state index >= 15 is 0 Å². The van der Waals surface area contributed by atoms with Crippen molar-refractivity contribution in [3.05, 3.63) is 0 Å². The fourth-order valence-corrected chi connectivity index (χ4v) is 0.510. The second kappa shape index (κ2) is 3.53. The molecular weight excluding hydrogens is 144 g/mol. The third-order valence-electron chi connectivity index (χ3n) is 1.03. The SMILES string of the molecule is Cl.NC(=O)OC1CNC1. The van der Waals surface area contributed by atoms with Crippen molar-refractivity contribution in [3.8, 4) is 0 Å². The molecule has 1 saturated heterocycles. The van der Waals surface area contributed by atoms with E-state index in [2.05, 4.69) is 10.1 Å². The molecule has 4 nitrogen and oxygen atoms in total. The zero-order chi connectivity index (χ0) is 5.98. The van der Waals surface area contributed by atoms with Crippen molar-refractivity contribution in [2.45, 2.75) is 6.10 Å². The second-order valence-electron chi connectivity index (χ2n) is 1.72. The minimum atomic E-state index is -0.684. The van der Waals surface area contributed by atoms with Crippen molar-refractivity contribution >= 4 is 18.5 Å². The Kier molecular flexibility index (Phi) is 3.34. The molecule has 1 aliphatic heterocycles. The molecule has 5 heteroatoms. The lowest BCUT2D eigenvalue weighted by molar-refractivity contribution is 0.0743. The van der Waals surface area contributed by atoms with Crippen LogP contribution in [-0.2, 0) is 4.74 Å². The number of ether oxygens (including phenoxy) is 1. The van der Waals surface area contributed by atoms with Crippen LogP contribution in [0.2, 0.25) is 0 Å². The highest BCUT2D eigenvalue weighted by atomic mass is 35.5. The van der Waals surface area contributed by atoms with Crippen LogP contribution in [0.25, 0.3) is 0 Å². The Morgan fingerprint density at radius 2 is 2.22 bits per heavy atom. The van der Waals surface area contributed by atoms with Crippen LogP contribution in [0.15, 0.2) is 0 Å². The highest BCUT2D eigenvalue weighted by Gasteiger charge is 2.18. The summed E-state index contributed by atoms with van der Waals surface area (Å²) in [5, 5.41) is 2.93. The largest absolute Gasteiger partial charge is 0.444 e. The molecule has 9 heavy (non-hydrogen) atoms. The summed E-state index contributed by atoms with van der Waals surface area (Å²) < 4.78 is 4.56. The smallest absolute Gasteiger partial charge is 0.404 e. The molecule has 1 fully saturated rings. The van der Waals surface area contributed by atoms with Crippen LogP contribution in [0.3, 0.4) is 0 Å². The van der Waals surface area contributed by atoms with E-state index in [1.165, 1.54) is 0 Å². The number of hydrogen-bond acceptors (Lipinski definition) is 3. The minimum absolute atomic E-state index is 0. The highest BCUT2D eigenvalue weighted by Crippen LogP contribution is 1.95. The van der Waals surface area contributed by atoms with Crippen LogP contribution in [0.4, 0.5) is 4.79 Å². The van der Waals surface area contributed by atoms with Crippen LogP contribution in [0, 0.1) is 0 Å². The molecule has 0 aliphatic carbocycles. The van der Waals surface area contributed by atoms with Gasteiger partial charge in [0.25, 0.3) is 0 Å². The quantitative estimate of drug-likeness (QED) is 0.531. The lowest BCUT2D eigenvalue weighted by Gasteiger charge is -2.25. The van der Waals surface area contributed by atoms with E-state index < -0.39 is 6.09 Å². The molecule has 54 valence electrons. The molecule has 0 aromatic heterocycles. The number of rotatable bonds is 1. The van der Waals surface area contributed by atoms with Gasteiger partial charge >= 0.3 is 6.09 Å². The Bertz CT molecular complexity index is 105. The minimum Gasteiger partial charge on any atom is -0.444 e. The zero-order valence-corrected chi connectivity index (χ0v) is 5.61. The second-order valence-corrected chi connectivity index (χ2v) is 1.72. The molecule has 1 rings (SSSR count). The molecule has 0 atom stereocenters. The van der Waals surface area contributed by atoms with Gasteiger partial charge < -0.3 is 15.8 Å². The summed E-state index contributed by atoms with van der Waals surface area (Å²) in [6.45, 7) is 1.48. The third kappa shape index (κ3) is 2.53. The number of carbonyl (C=O) groups excluding carboxylic acids is 1. The molecule has 0 bridgehead atoms. The average molecular weight is 153 g/mol. The standard InChI is InChI=1S/C4H8N2O2.ClH/c5-4(7)8-3-1-6-2-3;/h3,6H,1-2H2,(H2,5,7);1H. The maximum absolute atomic E-state index is 9.97. The Labute approximate surface area is 59.1 Å². The monoisotopic (exact) mass is 152 g/mol. The summed E-state index contributed by atoms with van der Waals surface area (Å²) in [6, 6.07) is 0. The Hall–Kier alpha value is -0.480. The third-order valence-corrected chi connectivity index (χ3v) is 1.03. The number of hydrogen-bond donors (Lipinski definition) is 2. The highest BCUT2D eigenvalue weighted by molar-refractivity contribution is 5.85. The van der Waals surface area contributed by atoms with Crippen molar-refractivity contribution in [1.82, 2.24) is 5.32 Å². The summed E-state index contributed by atoms with van der Waals surface area (Å²) >= 11 is 0. The molecule has 3 N–H and O–H groups in total. The average Bonchev–Trinajstić information content (AvgIpc) is 1.55. The molecule has 1 heterocycles. The lowest BCUT2D eigenvalue weighted by Crippen LogP contribution is -2.50. The summed E-state index contributed by atoms with van der Waals surface area (Å²) in [4.78, 5) is 9.97. The number of carbonyl (C=O) groups is 1. The van der Waals surface area contributed by atoms with E-state index in [0.717, 1.165) is 13.1 Å². The molecule has 0 radical (unpaired) electrons. The Morgan fingerprint density at radius 1 is 1.67 bits per heavy atom. The van der Waals surface area contributed by atoms with Crippen LogP contribution in [0.5, 0.6) is 0 Å². The normalized spacial score (nSPS) is 17.3. The fourth-order valence-electron chi connectivity index (χ4n) is 0.510. The van der Waals surface area contributed by atoms with E-state index in [-0.39, 0.29) is 18.5 Å². The maximum Gasteiger partial charge on any atom is 0.404 e. The number of nitrogens with two attached hydrogens (primary N) is 1. The van der Waals surface area contributed by atoms with E-state index in [1.54, 1.807) is 0 Å². The van der Waals surface area contributed by atoms with Crippen LogP contribution in [-0.4, -0.2) is 25.3 Å². The van der Waals surface area contributed by atoms with Crippen LogP contribution in [0.1, 0.15) is 0 Å². The first-order valence-electron chi connectivity index (χ1n) is 2.46. The first kappa shape index (κ1) is 8.52. The van der Waals surface area contributed by atoms with Gasteiger partial charge in [0.2, 0.25) is 0 Å². The first-order chi connectivity index (χ1) is 3.79. The summed E-state index contributed by atoms with van der Waals surface area (Å²) in [7, 11) is 0. The van der Waals surface area contributed by atoms with Gasteiger partial charge in [0.05, 0.1) is 0 Å². The molecule has 0 spiro atoms. The van der Waals surface area contributed by atoms with Crippen molar-refractivity contribution < 1.29 is 9.53 Å². The van der Waals surface area contributed by atoms with Gasteiger partial charge in [-0.05, 0) is 0 Å². The van der Waals surface area contributed by atoms with Gasteiger partial charge in [0, 0.05) is 13.1 Å². The predicted octanol–water partition coefficient (Wildman–Crippen LogP) is -0.525. The van der Waals surface area contributed by atoms with Gasteiger partial charge in [-0.15, -0.1) is 12.4 Å². The molecule has 0 aromatic rings. The Morgan fingerprint density at radius 3 is 2.33 bits per heavy atom. The van der Waals surface area contributed by atoms with E-state index in [0.29, 0.717) is 0 Å². The van der Waals surface area contributed by atoms with Crippen LogP contribution >= 0.6 is 12.4 Å². The van der Waals surface area contributed by atoms with Crippen molar-refractivity contribution in [1.29, 1.82) is 0 Å². The first-order valence-corrected chi connectivity index (χ1v) is 2.46. The lowest BCUT2D eigenvalue weighted by atomic mass is 10.2. The predicted molar refractivity (Wildman–Crippen MR) is 34.6 cm³/mol. The Balaban J connectivity index is 0.000000640. The van der Waals surface area contributed by atoms with Gasteiger partial charge in [-0.25, -0.2) is 4.79 Å². The van der Waals surface area contributed by atoms with E-state index in [1.807, 2.05) is 0 Å². The molecule has 1 aliphatic rings. The summed E-state index contributed by atoms with van der Waals surface area (Å²) in [5.74, 6) is 0. The van der Waals surface area contributed by atoms with Gasteiger partial charge in [0.1, 0.15) is 6.10 Å². The van der Waals surface area contributed by atoms with Crippen molar-refractivity contribution in [3.63, 3.8) is 0 Å². The molecule has 0 unspecified atom stereocenters. The topological polar surface area (TPSA) is 64.4 Å². The maximum atomic E-state index is 9.97.